The van der Waals surface area contributed by atoms with Crippen molar-refractivity contribution in [3.63, 3.8) is 0 Å². The molecule has 1 aromatic rings. The number of carboxylic acid groups (broad SMARTS) is 1. The van der Waals surface area contributed by atoms with Crippen LogP contribution < -0.4 is 10.2 Å². The highest BCUT2D eigenvalue weighted by molar-refractivity contribution is 5.93. The average Bonchev–Trinajstić information content (AvgIpc) is 2.93. The summed E-state index contributed by atoms with van der Waals surface area (Å²) in [7, 11) is 0. The number of anilines is 1. The first-order valence-electron chi connectivity index (χ1n) is 10.6. The molecule has 7 heteroatoms. The van der Waals surface area contributed by atoms with E-state index in [0.717, 1.165) is 76.1 Å². The summed E-state index contributed by atoms with van der Waals surface area (Å²) in [6.45, 7) is 3.37. The van der Waals surface area contributed by atoms with Gasteiger partial charge in [-0.25, -0.2) is 9.78 Å². The molecule has 2 N–H and O–H groups in total. The van der Waals surface area contributed by atoms with Gasteiger partial charge in [0.15, 0.2) is 0 Å². The van der Waals surface area contributed by atoms with Crippen LogP contribution >= 0.6 is 0 Å². The van der Waals surface area contributed by atoms with Crippen LogP contribution in [0.15, 0.2) is 12.1 Å². The maximum atomic E-state index is 13.1. The minimum atomic E-state index is -0.712. The summed E-state index contributed by atoms with van der Waals surface area (Å²) in [4.78, 5) is 32.5. The van der Waals surface area contributed by atoms with Gasteiger partial charge in [-0.15, -0.1) is 0 Å². The lowest BCUT2D eigenvalue weighted by atomic mass is 9.83. The fraction of sp³-hybridized carbons (Fsp3) is 0.667. The second kappa shape index (κ2) is 8.47. The molecule has 0 aromatic carbocycles. The third-order valence-corrected chi connectivity index (χ3v) is 6.50. The van der Waals surface area contributed by atoms with E-state index >= 15 is 0 Å². The number of aliphatic carboxylic acids is 1. The van der Waals surface area contributed by atoms with Crippen LogP contribution in [0.1, 0.15) is 49.8 Å². The molecule has 1 aromatic heterocycles. The number of nitrogens with zero attached hydrogens (tertiary/aromatic N) is 3. The summed E-state index contributed by atoms with van der Waals surface area (Å²) in [5.41, 5.74) is 2.41. The predicted octanol–water partition coefficient (Wildman–Crippen LogP) is 2.44. The molecule has 0 atom stereocenters. The summed E-state index contributed by atoms with van der Waals surface area (Å²) in [5, 5.41) is 12.3. The lowest BCUT2D eigenvalue weighted by molar-refractivity contribution is -0.137. The Bertz CT molecular complexity index is 730. The van der Waals surface area contributed by atoms with E-state index in [2.05, 4.69) is 11.4 Å². The fourth-order valence-electron chi connectivity index (χ4n) is 4.85. The van der Waals surface area contributed by atoms with Crippen LogP contribution in [0.3, 0.4) is 0 Å². The van der Waals surface area contributed by atoms with E-state index in [4.69, 9.17) is 10.1 Å². The number of urea groups is 1. The summed E-state index contributed by atoms with van der Waals surface area (Å²) in [6.07, 6.45) is 6.92. The van der Waals surface area contributed by atoms with E-state index in [-0.39, 0.29) is 18.5 Å². The van der Waals surface area contributed by atoms with E-state index in [9.17, 15) is 9.59 Å². The van der Waals surface area contributed by atoms with Crippen LogP contribution in [-0.2, 0) is 17.6 Å². The number of carbonyl (C=O) groups is 2. The molecule has 1 saturated carbocycles. The molecule has 2 aliphatic heterocycles. The number of carbonyl (C=O) groups excluding carboxylic acids is 1. The molecule has 0 bridgehead atoms. The zero-order valence-corrected chi connectivity index (χ0v) is 16.4. The smallest absolute Gasteiger partial charge is 0.326 e. The first kappa shape index (κ1) is 19.2. The van der Waals surface area contributed by atoms with Crippen molar-refractivity contribution in [1.29, 1.82) is 0 Å². The van der Waals surface area contributed by atoms with Gasteiger partial charge in [0.1, 0.15) is 5.82 Å². The van der Waals surface area contributed by atoms with E-state index < -0.39 is 5.97 Å². The molecule has 7 nitrogen and oxygen atoms in total. The maximum absolute atomic E-state index is 13.1. The van der Waals surface area contributed by atoms with Crippen molar-refractivity contribution in [2.45, 2.75) is 57.4 Å². The zero-order chi connectivity index (χ0) is 19.5. The van der Waals surface area contributed by atoms with Gasteiger partial charge in [0.2, 0.25) is 0 Å². The number of carboxylic acids is 1. The fourth-order valence-corrected chi connectivity index (χ4v) is 4.85. The first-order valence-corrected chi connectivity index (χ1v) is 10.6. The van der Waals surface area contributed by atoms with E-state index in [1.807, 2.05) is 15.9 Å². The van der Waals surface area contributed by atoms with Crippen LogP contribution in [0, 0.1) is 5.92 Å². The van der Waals surface area contributed by atoms with E-state index in [0.29, 0.717) is 12.5 Å². The monoisotopic (exact) mass is 386 g/mol. The summed E-state index contributed by atoms with van der Waals surface area (Å²) in [5.74, 6) is 0.556. The molecule has 3 aliphatic rings. The van der Waals surface area contributed by atoms with Crippen molar-refractivity contribution in [1.82, 2.24) is 15.2 Å². The Balaban J connectivity index is 1.37. The lowest BCUT2D eigenvalue weighted by Gasteiger charge is -2.34. The van der Waals surface area contributed by atoms with Gasteiger partial charge in [0.25, 0.3) is 0 Å². The van der Waals surface area contributed by atoms with Gasteiger partial charge >= 0.3 is 12.0 Å². The zero-order valence-electron chi connectivity index (χ0n) is 16.4. The van der Waals surface area contributed by atoms with Crippen molar-refractivity contribution in [2.75, 3.05) is 31.1 Å². The third-order valence-electron chi connectivity index (χ3n) is 6.50. The first-order chi connectivity index (χ1) is 13.6. The molecule has 2 amide bonds. The largest absolute Gasteiger partial charge is 0.481 e. The third kappa shape index (κ3) is 4.14. The Kier molecular flexibility index (Phi) is 5.80. The Labute approximate surface area is 166 Å². The van der Waals surface area contributed by atoms with Crippen molar-refractivity contribution >= 4 is 17.8 Å². The highest BCUT2D eigenvalue weighted by Crippen LogP contribution is 2.33. The SMILES string of the molecule is O=C(O)CCC1CCC(N2CCN(c3ccc4c(n3)CCNCC4)C2=O)CC1. The topological polar surface area (TPSA) is 85.8 Å². The number of nitrogens with one attached hydrogen (secondary N) is 1. The Morgan fingerprint density at radius 1 is 1.14 bits per heavy atom. The minimum Gasteiger partial charge on any atom is -0.481 e. The lowest BCUT2D eigenvalue weighted by Crippen LogP contribution is -2.41. The molecular weight excluding hydrogens is 356 g/mol. The van der Waals surface area contributed by atoms with Gasteiger partial charge in [-0.1, -0.05) is 6.07 Å². The molecule has 0 radical (unpaired) electrons. The number of pyridine rings is 1. The number of amides is 2. The Hall–Kier alpha value is -2.15. The van der Waals surface area contributed by atoms with Crippen molar-refractivity contribution in [3.8, 4) is 0 Å². The molecule has 4 rings (SSSR count). The Morgan fingerprint density at radius 2 is 1.93 bits per heavy atom. The highest BCUT2D eigenvalue weighted by Gasteiger charge is 2.37. The molecule has 3 heterocycles. The summed E-state index contributed by atoms with van der Waals surface area (Å²) >= 11 is 0. The maximum Gasteiger partial charge on any atom is 0.326 e. The number of rotatable bonds is 5. The Morgan fingerprint density at radius 3 is 2.71 bits per heavy atom. The molecule has 1 aliphatic carbocycles. The molecule has 2 fully saturated rings. The quantitative estimate of drug-likeness (QED) is 0.812. The minimum absolute atomic E-state index is 0.0770. The standard InChI is InChI=1S/C21H30N4O3/c26-20(27)8-3-15-1-5-17(6-2-15)24-13-14-25(21(24)28)19-7-4-16-9-11-22-12-10-18(16)23-19/h4,7,15,17,22H,1-3,5-6,8-14H2,(H,26,27). The van der Waals surface area contributed by atoms with Crippen molar-refractivity contribution in [2.24, 2.45) is 5.92 Å². The van der Waals surface area contributed by atoms with E-state index in [1.165, 1.54) is 5.56 Å². The van der Waals surface area contributed by atoms with Gasteiger partial charge in [0.05, 0.1) is 0 Å². The van der Waals surface area contributed by atoms with Crippen LogP contribution in [-0.4, -0.2) is 59.2 Å². The normalized spacial score (nSPS) is 25.5. The van der Waals surface area contributed by atoms with Crippen LogP contribution in [0.4, 0.5) is 10.6 Å². The van der Waals surface area contributed by atoms with Crippen molar-refractivity contribution < 1.29 is 14.7 Å². The molecule has 0 unspecified atom stereocenters. The predicted molar refractivity (Wildman–Crippen MR) is 107 cm³/mol. The number of fused-ring (bicyclic) bond motifs is 1. The van der Waals surface area contributed by atoms with E-state index in [1.54, 1.807) is 0 Å². The molecule has 0 spiro atoms. The highest BCUT2D eigenvalue weighted by atomic mass is 16.4. The van der Waals surface area contributed by atoms with Crippen molar-refractivity contribution in [3.05, 3.63) is 23.4 Å². The molecular formula is C21H30N4O3. The van der Waals surface area contributed by atoms with Gasteiger partial charge in [-0.2, -0.15) is 0 Å². The second-order valence-corrected chi connectivity index (χ2v) is 8.26. The second-order valence-electron chi connectivity index (χ2n) is 8.26. The number of hydrogen-bond acceptors (Lipinski definition) is 4. The van der Waals surface area contributed by atoms with Crippen LogP contribution in [0.25, 0.3) is 0 Å². The molecule has 152 valence electrons. The number of aromatic nitrogens is 1. The average molecular weight is 386 g/mol. The molecule has 1 saturated heterocycles. The molecule has 28 heavy (non-hydrogen) atoms. The van der Waals surface area contributed by atoms with Crippen LogP contribution in [0.2, 0.25) is 0 Å². The van der Waals surface area contributed by atoms with Gasteiger partial charge < -0.3 is 15.3 Å². The van der Waals surface area contributed by atoms with Gasteiger partial charge in [0, 0.05) is 44.2 Å². The number of hydrogen-bond donors (Lipinski definition) is 2. The van der Waals surface area contributed by atoms with Gasteiger partial charge in [-0.3, -0.25) is 9.69 Å². The van der Waals surface area contributed by atoms with Gasteiger partial charge in [-0.05, 0) is 62.6 Å². The van der Waals surface area contributed by atoms with Crippen LogP contribution in [0.5, 0.6) is 0 Å². The summed E-state index contributed by atoms with van der Waals surface area (Å²) in [6, 6.07) is 4.49. The summed E-state index contributed by atoms with van der Waals surface area (Å²) < 4.78 is 0.